The second kappa shape index (κ2) is 8.62. The van der Waals surface area contributed by atoms with Crippen LogP contribution < -0.4 is 0 Å². The Hall–Kier alpha value is -2.95. The zero-order valence-corrected chi connectivity index (χ0v) is 13.2. The monoisotopic (exact) mass is 341 g/mol. The Morgan fingerprint density at radius 2 is 1.75 bits per heavy atom. The summed E-state index contributed by atoms with van der Waals surface area (Å²) in [6.45, 7) is 4.82. The molecule has 4 N–H and O–H groups in total. The first-order chi connectivity index (χ1) is 11.3. The number of carboxylic acid groups (broad SMARTS) is 2. The van der Waals surface area contributed by atoms with Crippen LogP contribution in [0.25, 0.3) is 5.57 Å². The van der Waals surface area contributed by atoms with E-state index in [9.17, 15) is 9.59 Å². The first-order valence-electron chi connectivity index (χ1n) is 7.00. The molecule has 0 saturated heterocycles. The molecule has 0 fully saturated rings. The van der Waals surface area contributed by atoms with Gasteiger partial charge in [-0.2, -0.15) is 4.80 Å². The molecular formula is C13H19N5O6. The van der Waals surface area contributed by atoms with Crippen LogP contribution in [0.3, 0.4) is 0 Å². The Labute approximate surface area is 137 Å². The van der Waals surface area contributed by atoms with Gasteiger partial charge in [-0.15, -0.1) is 10.2 Å². The van der Waals surface area contributed by atoms with Crippen LogP contribution in [-0.4, -0.2) is 77.6 Å². The predicted octanol–water partition coefficient (Wildman–Crippen LogP) is -0.105. The van der Waals surface area contributed by atoms with Crippen molar-refractivity contribution in [2.75, 3.05) is 20.1 Å². The number of carboxylic acids is 2. The van der Waals surface area contributed by atoms with Gasteiger partial charge >= 0.3 is 11.9 Å². The average Bonchev–Trinajstić information content (AvgIpc) is 3.03. The van der Waals surface area contributed by atoms with E-state index in [1.54, 1.807) is 4.80 Å². The number of aliphatic carboxylic acids is 2. The Kier molecular flexibility index (Phi) is 6.86. The maximum absolute atomic E-state index is 9.71. The number of hydrogen-bond acceptors (Lipinski definition) is 8. The highest BCUT2D eigenvalue weighted by molar-refractivity contribution is 5.95. The SMILES string of the molecule is CCn1nnc(C2=CCCN(C)C2)n1.O=C(O)/C(O)=C(\O)C(=O)O. The van der Waals surface area contributed by atoms with Crippen LogP contribution in [-0.2, 0) is 16.1 Å². The number of carbonyl (C=O) groups is 2. The van der Waals surface area contributed by atoms with Gasteiger partial charge in [0.2, 0.25) is 5.82 Å². The molecule has 0 aliphatic carbocycles. The van der Waals surface area contributed by atoms with Crippen LogP contribution in [0.2, 0.25) is 0 Å². The number of tetrazole rings is 1. The number of aromatic nitrogens is 4. The molecule has 0 atom stereocenters. The first-order valence-corrected chi connectivity index (χ1v) is 7.00. The molecule has 1 aliphatic rings. The van der Waals surface area contributed by atoms with E-state index in [-0.39, 0.29) is 0 Å². The van der Waals surface area contributed by atoms with Crippen LogP contribution in [0.4, 0.5) is 0 Å². The van der Waals surface area contributed by atoms with Crippen LogP contribution in [0.15, 0.2) is 17.6 Å². The quantitative estimate of drug-likeness (QED) is 0.429. The lowest BCUT2D eigenvalue weighted by Gasteiger charge is -2.20. The van der Waals surface area contributed by atoms with Gasteiger partial charge in [0.25, 0.3) is 11.5 Å². The molecule has 2 heterocycles. The third-order valence-corrected chi connectivity index (χ3v) is 2.99. The van der Waals surface area contributed by atoms with Gasteiger partial charge in [-0.3, -0.25) is 0 Å². The summed E-state index contributed by atoms with van der Waals surface area (Å²) in [6.07, 6.45) is 3.28. The molecular weight excluding hydrogens is 322 g/mol. The second-order valence-electron chi connectivity index (χ2n) is 4.86. The number of aryl methyl sites for hydroxylation is 1. The van der Waals surface area contributed by atoms with E-state index in [0.717, 1.165) is 31.9 Å². The molecule has 24 heavy (non-hydrogen) atoms. The fourth-order valence-electron chi connectivity index (χ4n) is 1.76. The summed E-state index contributed by atoms with van der Waals surface area (Å²) in [7, 11) is 2.11. The van der Waals surface area contributed by atoms with Crippen molar-refractivity contribution in [2.24, 2.45) is 0 Å². The zero-order chi connectivity index (χ0) is 18.3. The Bertz CT molecular complexity index is 644. The van der Waals surface area contributed by atoms with Crippen molar-refractivity contribution >= 4 is 17.5 Å². The van der Waals surface area contributed by atoms with Crippen molar-refractivity contribution in [2.45, 2.75) is 19.9 Å². The smallest absolute Gasteiger partial charge is 0.375 e. The molecule has 2 rings (SSSR count). The normalized spacial score (nSPS) is 15.7. The van der Waals surface area contributed by atoms with E-state index in [0.29, 0.717) is 0 Å². The van der Waals surface area contributed by atoms with Crippen molar-refractivity contribution in [1.82, 2.24) is 25.1 Å². The fraction of sp³-hybridized carbons (Fsp3) is 0.462. The largest absolute Gasteiger partial charge is 0.499 e. The Balaban J connectivity index is 0.000000257. The van der Waals surface area contributed by atoms with Gasteiger partial charge in [-0.1, -0.05) is 6.08 Å². The lowest BCUT2D eigenvalue weighted by molar-refractivity contribution is -0.140. The second-order valence-corrected chi connectivity index (χ2v) is 4.86. The summed E-state index contributed by atoms with van der Waals surface area (Å²) in [5, 5.41) is 44.4. The molecule has 11 nitrogen and oxygen atoms in total. The number of nitrogens with zero attached hydrogens (tertiary/aromatic N) is 5. The van der Waals surface area contributed by atoms with Crippen molar-refractivity contribution in [1.29, 1.82) is 0 Å². The van der Waals surface area contributed by atoms with E-state index < -0.39 is 23.5 Å². The molecule has 132 valence electrons. The maximum atomic E-state index is 9.71. The van der Waals surface area contributed by atoms with Crippen molar-refractivity contribution in [3.05, 3.63) is 23.4 Å². The fourth-order valence-corrected chi connectivity index (χ4v) is 1.76. The predicted molar refractivity (Wildman–Crippen MR) is 81.1 cm³/mol. The summed E-state index contributed by atoms with van der Waals surface area (Å²) in [6, 6.07) is 0. The van der Waals surface area contributed by atoms with E-state index in [1.165, 1.54) is 5.57 Å². The number of rotatable bonds is 4. The summed E-state index contributed by atoms with van der Waals surface area (Å²) in [4.78, 5) is 23.3. The molecule has 1 aromatic rings. The standard InChI is InChI=1S/C9H15N5.C4H4O6/c1-3-14-11-9(10-12-14)8-5-4-6-13(2)7-8;5-1(3(7)8)2(6)4(9)10/h5H,3-4,6-7H2,1-2H3;5-6H,(H,7,8)(H,9,10)/b;2-1+. The Morgan fingerprint density at radius 3 is 2.17 bits per heavy atom. The number of aliphatic hydroxyl groups is 2. The molecule has 11 heteroatoms. The van der Waals surface area contributed by atoms with Gasteiger partial charge in [0, 0.05) is 18.7 Å². The van der Waals surface area contributed by atoms with Gasteiger partial charge in [0.15, 0.2) is 0 Å². The highest BCUT2D eigenvalue weighted by atomic mass is 16.4. The van der Waals surface area contributed by atoms with Crippen LogP contribution in [0, 0.1) is 0 Å². The summed E-state index contributed by atoms with van der Waals surface area (Å²) in [5.74, 6) is -6.15. The summed E-state index contributed by atoms with van der Waals surface area (Å²) < 4.78 is 0. The first kappa shape index (κ1) is 19.1. The molecule has 0 aromatic carbocycles. The van der Waals surface area contributed by atoms with Crippen LogP contribution in [0.1, 0.15) is 19.2 Å². The number of aliphatic hydroxyl groups excluding tert-OH is 2. The lowest BCUT2D eigenvalue weighted by Crippen LogP contribution is -2.25. The molecule has 1 aromatic heterocycles. The van der Waals surface area contributed by atoms with Gasteiger partial charge < -0.3 is 25.3 Å². The lowest BCUT2D eigenvalue weighted by atomic mass is 10.1. The van der Waals surface area contributed by atoms with E-state index in [1.807, 2.05) is 6.92 Å². The minimum Gasteiger partial charge on any atom is -0.499 e. The van der Waals surface area contributed by atoms with Crippen LogP contribution in [0.5, 0.6) is 0 Å². The molecule has 1 aliphatic heterocycles. The molecule has 0 spiro atoms. The topological polar surface area (TPSA) is 162 Å². The Morgan fingerprint density at radius 1 is 1.17 bits per heavy atom. The molecule has 0 unspecified atom stereocenters. The van der Waals surface area contributed by atoms with E-state index >= 15 is 0 Å². The number of hydrogen-bond donors (Lipinski definition) is 4. The molecule has 0 bridgehead atoms. The van der Waals surface area contributed by atoms with Gasteiger partial charge in [-0.05, 0) is 25.6 Å². The zero-order valence-electron chi connectivity index (χ0n) is 13.2. The van der Waals surface area contributed by atoms with Gasteiger partial charge in [0.05, 0.1) is 6.54 Å². The van der Waals surface area contributed by atoms with Crippen LogP contribution >= 0.6 is 0 Å². The maximum Gasteiger partial charge on any atom is 0.375 e. The minimum atomic E-state index is -1.89. The molecule has 0 saturated carbocycles. The summed E-state index contributed by atoms with van der Waals surface area (Å²) >= 11 is 0. The molecule has 0 amide bonds. The third kappa shape index (κ3) is 5.35. The van der Waals surface area contributed by atoms with Gasteiger partial charge in [0.1, 0.15) is 0 Å². The highest BCUT2D eigenvalue weighted by Crippen LogP contribution is 2.15. The van der Waals surface area contributed by atoms with Gasteiger partial charge in [-0.25, -0.2) is 9.59 Å². The van der Waals surface area contributed by atoms with E-state index in [2.05, 4.69) is 33.4 Å². The van der Waals surface area contributed by atoms with E-state index in [4.69, 9.17) is 20.4 Å². The minimum absolute atomic E-state index is 0.774. The van der Waals surface area contributed by atoms with Crippen molar-refractivity contribution in [3.8, 4) is 0 Å². The third-order valence-electron chi connectivity index (χ3n) is 2.99. The summed E-state index contributed by atoms with van der Waals surface area (Å²) in [5.41, 5.74) is 1.19. The average molecular weight is 341 g/mol. The highest BCUT2D eigenvalue weighted by Gasteiger charge is 2.17. The number of likely N-dealkylation sites (N-methyl/N-ethyl adjacent to an activating group) is 1. The van der Waals surface area contributed by atoms with Crippen molar-refractivity contribution in [3.63, 3.8) is 0 Å². The van der Waals surface area contributed by atoms with Crippen molar-refractivity contribution < 1.29 is 30.0 Å². The molecule has 0 radical (unpaired) electrons.